The van der Waals surface area contributed by atoms with Crippen LogP contribution in [0, 0.1) is 0 Å². The van der Waals surface area contributed by atoms with Crippen LogP contribution in [0.4, 0.5) is 0 Å². The third kappa shape index (κ3) is 2.76. The van der Waals surface area contributed by atoms with E-state index < -0.39 is 23.5 Å². The molecular formula is C8H8N2O5S. The van der Waals surface area contributed by atoms with Gasteiger partial charge in [-0.3, -0.25) is 4.79 Å². The average Bonchev–Trinajstić information content (AvgIpc) is 2.61. The van der Waals surface area contributed by atoms with E-state index >= 15 is 0 Å². The van der Waals surface area contributed by atoms with Gasteiger partial charge in [0.15, 0.2) is 0 Å². The minimum Gasteiger partial charge on any atom is -0.478 e. The van der Waals surface area contributed by atoms with Crippen LogP contribution in [-0.2, 0) is 14.4 Å². The fraction of sp³-hybridized carbons (Fsp3) is 0.125. The van der Waals surface area contributed by atoms with Crippen molar-refractivity contribution in [3.63, 3.8) is 0 Å². The smallest absolute Gasteiger partial charge is 0.352 e. The number of carbonyl (C=O) groups is 3. The van der Waals surface area contributed by atoms with Crippen molar-refractivity contribution >= 4 is 29.6 Å². The average molecular weight is 244 g/mol. The monoisotopic (exact) mass is 244 g/mol. The highest BCUT2D eigenvalue weighted by molar-refractivity contribution is 8.04. The molecule has 0 aromatic heterocycles. The highest BCUT2D eigenvalue weighted by atomic mass is 32.2. The van der Waals surface area contributed by atoms with Gasteiger partial charge in [-0.05, 0) is 0 Å². The van der Waals surface area contributed by atoms with Crippen LogP contribution in [0.2, 0.25) is 0 Å². The Kier molecular flexibility index (Phi) is 3.56. The first kappa shape index (κ1) is 12.1. The first-order valence-corrected chi connectivity index (χ1v) is 4.99. The number of nitrogens with two attached hydrogens (primary N) is 1. The third-order valence-corrected chi connectivity index (χ3v) is 2.69. The minimum absolute atomic E-state index is 0.143. The van der Waals surface area contributed by atoms with Gasteiger partial charge >= 0.3 is 11.9 Å². The van der Waals surface area contributed by atoms with E-state index in [1.54, 1.807) is 0 Å². The summed E-state index contributed by atoms with van der Waals surface area (Å²) in [5.41, 5.74) is 4.58. The first-order valence-electron chi connectivity index (χ1n) is 4.01. The van der Waals surface area contributed by atoms with Crippen molar-refractivity contribution in [1.29, 1.82) is 0 Å². The number of hydrogen-bond donors (Lipinski definition) is 3. The number of rotatable bonds is 4. The predicted molar refractivity (Wildman–Crippen MR) is 54.9 cm³/mol. The van der Waals surface area contributed by atoms with Crippen molar-refractivity contribution < 1.29 is 24.6 Å². The van der Waals surface area contributed by atoms with E-state index in [1.807, 2.05) is 0 Å². The summed E-state index contributed by atoms with van der Waals surface area (Å²) >= 11 is 1.05. The predicted octanol–water partition coefficient (Wildman–Crippen LogP) is -0.627. The number of primary amides is 1. The summed E-state index contributed by atoms with van der Waals surface area (Å²) < 4.78 is 0. The molecule has 4 N–H and O–H groups in total. The molecule has 0 fully saturated rings. The summed E-state index contributed by atoms with van der Waals surface area (Å²) in [5, 5.41) is 17.3. The highest BCUT2D eigenvalue weighted by Crippen LogP contribution is 2.27. The molecule has 0 atom stereocenters. The highest BCUT2D eigenvalue weighted by Gasteiger charge is 2.24. The molecule has 1 amide bonds. The summed E-state index contributed by atoms with van der Waals surface area (Å²) in [6, 6.07) is 0. The Morgan fingerprint density at radius 2 is 2.06 bits per heavy atom. The summed E-state index contributed by atoms with van der Waals surface area (Å²) in [5.74, 6) is -3.29. The molecular weight excluding hydrogens is 236 g/mol. The molecule has 7 nitrogen and oxygen atoms in total. The molecule has 0 unspecified atom stereocenters. The van der Waals surface area contributed by atoms with Crippen molar-refractivity contribution in [2.45, 2.75) is 0 Å². The van der Waals surface area contributed by atoms with Crippen molar-refractivity contribution in [1.82, 2.24) is 4.90 Å². The lowest BCUT2D eigenvalue weighted by molar-refractivity contribution is -0.136. The Hall–Kier alpha value is -1.96. The Balaban J connectivity index is 2.96. The number of nitrogens with zero attached hydrogens (tertiary/aromatic N) is 1. The second kappa shape index (κ2) is 4.71. The molecule has 0 radical (unpaired) electrons. The lowest BCUT2D eigenvalue weighted by atomic mass is 10.3. The molecule has 1 aliphatic rings. The van der Waals surface area contributed by atoms with Crippen molar-refractivity contribution in [2.75, 3.05) is 5.88 Å². The number of carbonyl (C=O) groups excluding carboxylic acids is 1. The molecule has 16 heavy (non-hydrogen) atoms. The fourth-order valence-corrected chi connectivity index (χ4v) is 1.85. The summed E-state index contributed by atoms with van der Waals surface area (Å²) in [6.45, 7) is 0. The molecule has 1 aliphatic heterocycles. The molecule has 1 heterocycles. The van der Waals surface area contributed by atoms with E-state index in [1.165, 1.54) is 6.20 Å². The number of thioether (sulfide) groups is 1. The SMILES string of the molecule is NC(=O)C1=CN(/C(=C/C(=O)O)C(=O)O)CS1. The minimum atomic E-state index is -1.38. The van der Waals surface area contributed by atoms with E-state index in [-0.39, 0.29) is 10.8 Å². The van der Waals surface area contributed by atoms with Crippen molar-refractivity contribution in [3.8, 4) is 0 Å². The standard InChI is InChI=1S/C8H8N2O5S/c9-7(13)5-2-10(3-16-5)4(8(14)15)1-6(11)12/h1-2H,3H2,(H2,9,13)(H,11,12)(H,14,15)/b4-1+. The van der Waals surface area contributed by atoms with Crippen LogP contribution in [0.3, 0.4) is 0 Å². The van der Waals surface area contributed by atoms with Gasteiger partial charge in [-0.15, -0.1) is 0 Å². The first-order chi connectivity index (χ1) is 7.41. The topological polar surface area (TPSA) is 121 Å². The summed E-state index contributed by atoms with van der Waals surface area (Å²) in [6.07, 6.45) is 1.78. The van der Waals surface area contributed by atoms with Crippen molar-refractivity contribution in [3.05, 3.63) is 22.9 Å². The van der Waals surface area contributed by atoms with E-state index in [4.69, 9.17) is 15.9 Å². The molecule has 0 saturated carbocycles. The molecule has 0 bridgehead atoms. The van der Waals surface area contributed by atoms with Gasteiger partial charge in [-0.25, -0.2) is 9.59 Å². The maximum Gasteiger partial charge on any atom is 0.352 e. The zero-order chi connectivity index (χ0) is 12.3. The Bertz CT molecular complexity index is 415. The van der Waals surface area contributed by atoms with Gasteiger partial charge < -0.3 is 20.8 Å². The van der Waals surface area contributed by atoms with Crippen LogP contribution in [0.25, 0.3) is 0 Å². The Morgan fingerprint density at radius 1 is 1.44 bits per heavy atom. The number of aliphatic carboxylic acids is 2. The zero-order valence-corrected chi connectivity index (χ0v) is 8.73. The number of carboxylic acid groups (broad SMARTS) is 2. The van der Waals surface area contributed by atoms with Gasteiger partial charge in [-0.1, -0.05) is 11.8 Å². The molecule has 0 aliphatic carbocycles. The van der Waals surface area contributed by atoms with Crippen LogP contribution < -0.4 is 5.73 Å². The van der Waals surface area contributed by atoms with Gasteiger partial charge in [0.2, 0.25) is 0 Å². The molecule has 8 heteroatoms. The molecule has 0 aromatic carbocycles. The number of carboxylic acids is 2. The maximum atomic E-state index is 10.8. The van der Waals surface area contributed by atoms with Crippen LogP contribution in [0.15, 0.2) is 22.9 Å². The normalized spacial score (nSPS) is 15.9. The second-order valence-electron chi connectivity index (χ2n) is 2.77. The lowest BCUT2D eigenvalue weighted by Gasteiger charge is -2.13. The van der Waals surface area contributed by atoms with Gasteiger partial charge in [0.25, 0.3) is 5.91 Å². The number of amides is 1. The van der Waals surface area contributed by atoms with E-state index in [2.05, 4.69) is 0 Å². The van der Waals surface area contributed by atoms with Crippen molar-refractivity contribution in [2.24, 2.45) is 5.73 Å². The van der Waals surface area contributed by atoms with E-state index in [0.29, 0.717) is 6.08 Å². The fourth-order valence-electron chi connectivity index (χ4n) is 1.01. The van der Waals surface area contributed by atoms with Crippen LogP contribution in [0.1, 0.15) is 0 Å². The summed E-state index contributed by atoms with van der Waals surface area (Å²) in [7, 11) is 0. The van der Waals surface area contributed by atoms with Gasteiger partial charge in [0.1, 0.15) is 5.70 Å². The maximum absolute atomic E-state index is 10.8. The Labute approximate surface area is 94.2 Å². The van der Waals surface area contributed by atoms with Crippen LogP contribution in [0.5, 0.6) is 0 Å². The largest absolute Gasteiger partial charge is 0.478 e. The third-order valence-electron chi connectivity index (χ3n) is 1.66. The second-order valence-corrected chi connectivity index (χ2v) is 3.76. The molecule has 0 saturated heterocycles. The molecule has 0 aromatic rings. The van der Waals surface area contributed by atoms with E-state index in [0.717, 1.165) is 16.7 Å². The lowest BCUT2D eigenvalue weighted by Crippen LogP contribution is -2.21. The quantitative estimate of drug-likeness (QED) is 0.563. The van der Waals surface area contributed by atoms with Crippen LogP contribution >= 0.6 is 11.8 Å². The van der Waals surface area contributed by atoms with Crippen LogP contribution in [-0.4, -0.2) is 38.8 Å². The van der Waals surface area contributed by atoms with E-state index in [9.17, 15) is 14.4 Å². The summed E-state index contributed by atoms with van der Waals surface area (Å²) in [4.78, 5) is 33.3. The van der Waals surface area contributed by atoms with Gasteiger partial charge in [0, 0.05) is 6.20 Å². The molecule has 86 valence electrons. The van der Waals surface area contributed by atoms with Gasteiger partial charge in [-0.2, -0.15) is 0 Å². The van der Waals surface area contributed by atoms with Gasteiger partial charge in [0.05, 0.1) is 16.9 Å². The Morgan fingerprint density at radius 3 is 2.44 bits per heavy atom. The molecule has 0 spiro atoms. The zero-order valence-electron chi connectivity index (χ0n) is 7.91. The molecule has 1 rings (SSSR count). The number of hydrogen-bond acceptors (Lipinski definition) is 5.